The van der Waals surface area contributed by atoms with Crippen molar-refractivity contribution < 1.29 is 23.9 Å². The Bertz CT molecular complexity index is 923. The van der Waals surface area contributed by atoms with Crippen molar-refractivity contribution in [3.05, 3.63) is 30.3 Å². The number of carbonyl (C=O) groups excluding carboxylic acids is 4. The van der Waals surface area contributed by atoms with Gasteiger partial charge < -0.3 is 24.3 Å². The summed E-state index contributed by atoms with van der Waals surface area (Å²) in [6, 6.07) is 9.81. The first-order valence-electron chi connectivity index (χ1n) is 12.8. The molecular weight excluding hydrogens is 448 g/mol. The molecule has 3 aliphatic heterocycles. The summed E-state index contributed by atoms with van der Waals surface area (Å²) in [6.45, 7) is 4.88. The van der Waals surface area contributed by atoms with Crippen LogP contribution in [0, 0.1) is 0 Å². The fourth-order valence-corrected chi connectivity index (χ4v) is 5.46. The summed E-state index contributed by atoms with van der Waals surface area (Å²) in [6.07, 6.45) is 4.32. The number of ether oxygens (including phenoxy) is 1. The fraction of sp³-hybridized carbons (Fsp3) is 0.615. The van der Waals surface area contributed by atoms with Gasteiger partial charge in [0.15, 0.2) is 0 Å². The molecule has 0 radical (unpaired) electrons. The van der Waals surface area contributed by atoms with Crippen molar-refractivity contribution in [2.45, 2.75) is 57.4 Å². The lowest BCUT2D eigenvalue weighted by Crippen LogP contribution is -2.57. The Balaban J connectivity index is 1.45. The van der Waals surface area contributed by atoms with Crippen LogP contribution >= 0.6 is 0 Å². The molecule has 3 heterocycles. The Kier molecular flexibility index (Phi) is 7.93. The van der Waals surface area contributed by atoms with Crippen LogP contribution in [0.15, 0.2) is 30.3 Å². The van der Waals surface area contributed by atoms with Gasteiger partial charge in [0.1, 0.15) is 12.1 Å². The normalized spacial score (nSPS) is 19.9. The molecule has 4 rings (SSSR count). The minimum absolute atomic E-state index is 0.00897. The summed E-state index contributed by atoms with van der Waals surface area (Å²) in [4.78, 5) is 58.5. The number of anilines is 1. The van der Waals surface area contributed by atoms with Gasteiger partial charge in [-0.2, -0.15) is 0 Å². The van der Waals surface area contributed by atoms with Crippen molar-refractivity contribution in [1.82, 2.24) is 14.7 Å². The standard InChI is InChI=1S/C26H36N4O5/c1-2-35-24(33)12-11-22(31)28-17-13-26(14-18-28)25(34)29(19-23(32)27-15-7-4-8-16-27)20-30(26)21-9-5-3-6-10-21/h3,5-6,9-10H,2,4,7-8,11-20H2,1H3. The van der Waals surface area contributed by atoms with Gasteiger partial charge in [0, 0.05) is 38.3 Å². The molecule has 9 nitrogen and oxygen atoms in total. The zero-order valence-electron chi connectivity index (χ0n) is 20.6. The van der Waals surface area contributed by atoms with Gasteiger partial charge in [-0.1, -0.05) is 18.2 Å². The lowest BCUT2D eigenvalue weighted by Gasteiger charge is -2.43. The van der Waals surface area contributed by atoms with E-state index in [-0.39, 0.29) is 43.1 Å². The Hall–Kier alpha value is -3.10. The molecule has 0 aromatic heterocycles. The van der Waals surface area contributed by atoms with Crippen LogP contribution in [0.25, 0.3) is 0 Å². The molecule has 1 spiro atoms. The second-order valence-electron chi connectivity index (χ2n) is 9.57. The average Bonchev–Trinajstić information content (AvgIpc) is 3.15. The van der Waals surface area contributed by atoms with Crippen LogP contribution in [-0.4, -0.2) is 89.9 Å². The lowest BCUT2D eigenvalue weighted by atomic mass is 9.85. The van der Waals surface area contributed by atoms with Crippen LogP contribution in [0.2, 0.25) is 0 Å². The van der Waals surface area contributed by atoms with Gasteiger partial charge >= 0.3 is 5.97 Å². The van der Waals surface area contributed by atoms with Crippen molar-refractivity contribution in [1.29, 1.82) is 0 Å². The predicted molar refractivity (Wildman–Crippen MR) is 130 cm³/mol. The molecule has 0 atom stereocenters. The minimum atomic E-state index is -0.776. The highest BCUT2D eigenvalue weighted by Crippen LogP contribution is 2.39. The maximum absolute atomic E-state index is 13.8. The molecule has 0 unspecified atom stereocenters. The molecule has 3 saturated heterocycles. The Morgan fingerprint density at radius 1 is 0.886 bits per heavy atom. The maximum atomic E-state index is 13.8. The number of rotatable bonds is 7. The summed E-state index contributed by atoms with van der Waals surface area (Å²) >= 11 is 0. The zero-order valence-corrected chi connectivity index (χ0v) is 20.6. The third-order valence-electron chi connectivity index (χ3n) is 7.41. The third kappa shape index (κ3) is 5.44. The van der Waals surface area contributed by atoms with E-state index in [1.165, 1.54) is 0 Å². The van der Waals surface area contributed by atoms with E-state index in [1.54, 1.807) is 16.7 Å². The number of amides is 3. The molecule has 1 aromatic rings. The Morgan fingerprint density at radius 2 is 1.54 bits per heavy atom. The van der Waals surface area contributed by atoms with Gasteiger partial charge in [-0.15, -0.1) is 0 Å². The van der Waals surface area contributed by atoms with E-state index >= 15 is 0 Å². The van der Waals surface area contributed by atoms with Gasteiger partial charge in [-0.3, -0.25) is 19.2 Å². The molecule has 9 heteroatoms. The van der Waals surface area contributed by atoms with Gasteiger partial charge in [0.2, 0.25) is 11.8 Å². The van der Waals surface area contributed by atoms with Crippen LogP contribution < -0.4 is 4.90 Å². The first kappa shape index (κ1) is 25.0. The van der Waals surface area contributed by atoms with Crippen LogP contribution in [0.1, 0.15) is 51.9 Å². The second-order valence-corrected chi connectivity index (χ2v) is 9.57. The van der Waals surface area contributed by atoms with Crippen LogP contribution in [0.5, 0.6) is 0 Å². The Labute approximate surface area is 207 Å². The van der Waals surface area contributed by atoms with Gasteiger partial charge in [0.05, 0.1) is 19.7 Å². The van der Waals surface area contributed by atoms with E-state index in [2.05, 4.69) is 4.90 Å². The third-order valence-corrected chi connectivity index (χ3v) is 7.41. The average molecular weight is 485 g/mol. The predicted octanol–water partition coefficient (Wildman–Crippen LogP) is 2.01. The number of esters is 1. The number of likely N-dealkylation sites (tertiary alicyclic amines) is 2. The van der Waals surface area contributed by atoms with Gasteiger partial charge in [-0.05, 0) is 51.2 Å². The molecule has 35 heavy (non-hydrogen) atoms. The molecule has 3 amide bonds. The summed E-state index contributed by atoms with van der Waals surface area (Å²) in [5.74, 6) is -0.494. The quantitative estimate of drug-likeness (QED) is 0.550. The van der Waals surface area contributed by atoms with Crippen molar-refractivity contribution in [3.8, 4) is 0 Å². The van der Waals surface area contributed by atoms with Crippen LogP contribution in [0.4, 0.5) is 5.69 Å². The SMILES string of the molecule is CCOC(=O)CCC(=O)N1CCC2(CC1)C(=O)N(CC(=O)N1CCCCC1)CN2c1ccccc1. The maximum Gasteiger partial charge on any atom is 0.306 e. The van der Waals surface area contributed by atoms with E-state index in [0.717, 1.165) is 38.0 Å². The van der Waals surface area contributed by atoms with E-state index < -0.39 is 5.54 Å². The van der Waals surface area contributed by atoms with Crippen LogP contribution in [0.3, 0.4) is 0 Å². The number of benzene rings is 1. The molecule has 0 bridgehead atoms. The molecular formula is C26H36N4O5. The molecule has 3 fully saturated rings. The molecule has 0 aliphatic carbocycles. The lowest BCUT2D eigenvalue weighted by molar-refractivity contribution is -0.146. The largest absolute Gasteiger partial charge is 0.466 e. The molecule has 3 aliphatic rings. The van der Waals surface area contributed by atoms with Crippen molar-refractivity contribution in [2.24, 2.45) is 0 Å². The van der Waals surface area contributed by atoms with Gasteiger partial charge in [-0.25, -0.2) is 0 Å². The van der Waals surface area contributed by atoms with Crippen molar-refractivity contribution in [2.75, 3.05) is 50.9 Å². The summed E-state index contributed by atoms with van der Waals surface area (Å²) in [5, 5.41) is 0. The van der Waals surface area contributed by atoms with Gasteiger partial charge in [0.25, 0.3) is 5.91 Å². The minimum Gasteiger partial charge on any atom is -0.466 e. The number of para-hydroxylation sites is 1. The van der Waals surface area contributed by atoms with E-state index in [4.69, 9.17) is 4.74 Å². The van der Waals surface area contributed by atoms with E-state index in [0.29, 0.717) is 39.2 Å². The first-order valence-corrected chi connectivity index (χ1v) is 12.8. The smallest absolute Gasteiger partial charge is 0.306 e. The van der Waals surface area contributed by atoms with E-state index in [1.807, 2.05) is 35.2 Å². The highest BCUT2D eigenvalue weighted by Gasteiger charge is 2.54. The summed E-state index contributed by atoms with van der Waals surface area (Å²) in [7, 11) is 0. The fourth-order valence-electron chi connectivity index (χ4n) is 5.46. The van der Waals surface area contributed by atoms with Crippen molar-refractivity contribution >= 4 is 29.4 Å². The summed E-state index contributed by atoms with van der Waals surface area (Å²) < 4.78 is 4.92. The molecule has 1 aromatic carbocycles. The second kappa shape index (κ2) is 11.1. The highest BCUT2D eigenvalue weighted by atomic mass is 16.5. The van der Waals surface area contributed by atoms with E-state index in [9.17, 15) is 19.2 Å². The Morgan fingerprint density at radius 3 is 2.20 bits per heavy atom. The number of carbonyl (C=O) groups is 4. The topological polar surface area (TPSA) is 90.5 Å². The highest BCUT2D eigenvalue weighted by molar-refractivity contribution is 5.96. The van der Waals surface area contributed by atoms with Crippen molar-refractivity contribution in [3.63, 3.8) is 0 Å². The number of piperidine rings is 2. The monoisotopic (exact) mass is 484 g/mol. The number of hydrogen-bond acceptors (Lipinski definition) is 6. The first-order chi connectivity index (χ1) is 16.9. The number of hydrogen-bond donors (Lipinski definition) is 0. The molecule has 0 N–H and O–H groups in total. The zero-order chi connectivity index (χ0) is 24.8. The molecule has 190 valence electrons. The molecule has 0 saturated carbocycles. The number of nitrogens with zero attached hydrogens (tertiary/aromatic N) is 4. The summed E-state index contributed by atoms with van der Waals surface area (Å²) in [5.41, 5.74) is 0.164. The van der Waals surface area contributed by atoms with Crippen LogP contribution in [-0.2, 0) is 23.9 Å².